The first kappa shape index (κ1) is 11.4. The van der Waals surface area contributed by atoms with Crippen LogP contribution in [-0.2, 0) is 0 Å². The number of anilines is 1. The van der Waals surface area contributed by atoms with E-state index in [1.165, 1.54) is 12.1 Å². The molecule has 1 heterocycles. The summed E-state index contributed by atoms with van der Waals surface area (Å²) in [7, 11) is 0. The molecule has 0 radical (unpaired) electrons. The van der Waals surface area contributed by atoms with E-state index in [9.17, 15) is 0 Å². The third-order valence-electron chi connectivity index (χ3n) is 3.03. The molecule has 1 aliphatic rings. The summed E-state index contributed by atoms with van der Waals surface area (Å²) in [6.07, 6.45) is 2.09. The summed E-state index contributed by atoms with van der Waals surface area (Å²) in [6, 6.07) is 10.5. The maximum absolute atomic E-state index is 8.84. The van der Waals surface area contributed by atoms with E-state index >= 15 is 0 Å². The number of hydrogen-bond acceptors (Lipinski definition) is 3. The van der Waals surface area contributed by atoms with Gasteiger partial charge in [-0.1, -0.05) is 18.2 Å². The van der Waals surface area contributed by atoms with Gasteiger partial charge in [-0.15, -0.1) is 0 Å². The number of para-hydroxylation sites is 1. The second-order valence-electron chi connectivity index (χ2n) is 4.29. The van der Waals surface area contributed by atoms with Crippen molar-refractivity contribution >= 4 is 5.69 Å². The van der Waals surface area contributed by atoms with Gasteiger partial charge in [-0.3, -0.25) is 4.90 Å². The zero-order valence-corrected chi connectivity index (χ0v) is 9.68. The van der Waals surface area contributed by atoms with E-state index in [-0.39, 0.29) is 0 Å². The molecule has 0 atom stereocenters. The Hall–Kier alpha value is -1.06. The van der Waals surface area contributed by atoms with Gasteiger partial charge in [0.05, 0.1) is 6.67 Å². The molecule has 1 saturated heterocycles. The fourth-order valence-electron chi connectivity index (χ4n) is 2.19. The Labute approximate surface area is 97.3 Å². The van der Waals surface area contributed by atoms with Crippen molar-refractivity contribution in [2.75, 3.05) is 37.8 Å². The van der Waals surface area contributed by atoms with E-state index in [0.717, 1.165) is 32.7 Å². The van der Waals surface area contributed by atoms with Gasteiger partial charge in [-0.05, 0) is 25.0 Å². The standard InChI is InChI=1S/C13H20N2O/c16-11-5-9-14-8-4-10-15(12-14)13-6-2-1-3-7-13/h1-3,6-7,16H,4-5,8-12H2. The molecule has 3 heteroatoms. The predicted octanol–water partition coefficient (Wildman–Crippen LogP) is 1.54. The van der Waals surface area contributed by atoms with Crippen molar-refractivity contribution in [2.24, 2.45) is 0 Å². The van der Waals surface area contributed by atoms with Gasteiger partial charge >= 0.3 is 0 Å². The van der Waals surface area contributed by atoms with Crippen LogP contribution in [0.3, 0.4) is 0 Å². The van der Waals surface area contributed by atoms with Crippen LogP contribution in [0.2, 0.25) is 0 Å². The lowest BCUT2D eigenvalue weighted by Gasteiger charge is -2.37. The fourth-order valence-corrected chi connectivity index (χ4v) is 2.19. The molecular weight excluding hydrogens is 200 g/mol. The molecule has 3 nitrogen and oxygen atoms in total. The highest BCUT2D eigenvalue weighted by Gasteiger charge is 2.16. The molecule has 2 rings (SSSR count). The summed E-state index contributed by atoms with van der Waals surface area (Å²) in [5, 5.41) is 8.84. The van der Waals surface area contributed by atoms with Crippen LogP contribution in [0, 0.1) is 0 Å². The molecule has 1 aromatic carbocycles. The minimum absolute atomic E-state index is 0.293. The summed E-state index contributed by atoms with van der Waals surface area (Å²) >= 11 is 0. The van der Waals surface area contributed by atoms with Crippen LogP contribution in [0.1, 0.15) is 12.8 Å². The fraction of sp³-hybridized carbons (Fsp3) is 0.538. The van der Waals surface area contributed by atoms with Crippen LogP contribution in [0.5, 0.6) is 0 Å². The van der Waals surface area contributed by atoms with E-state index in [1.807, 2.05) is 0 Å². The van der Waals surface area contributed by atoms with Crippen LogP contribution in [-0.4, -0.2) is 42.9 Å². The third kappa shape index (κ3) is 2.97. The Bertz CT molecular complexity index is 302. The molecule has 0 aliphatic carbocycles. The molecular formula is C13H20N2O. The molecule has 1 N–H and O–H groups in total. The lowest BCUT2D eigenvalue weighted by Crippen LogP contribution is -2.45. The molecule has 0 saturated carbocycles. The number of aliphatic hydroxyl groups is 1. The molecule has 16 heavy (non-hydrogen) atoms. The van der Waals surface area contributed by atoms with E-state index < -0.39 is 0 Å². The van der Waals surface area contributed by atoms with Crippen molar-refractivity contribution in [1.29, 1.82) is 0 Å². The first-order valence-corrected chi connectivity index (χ1v) is 6.03. The second-order valence-corrected chi connectivity index (χ2v) is 4.29. The zero-order chi connectivity index (χ0) is 11.2. The number of aliphatic hydroxyl groups excluding tert-OH is 1. The minimum Gasteiger partial charge on any atom is -0.396 e. The molecule has 0 aromatic heterocycles. The van der Waals surface area contributed by atoms with Crippen LogP contribution in [0.25, 0.3) is 0 Å². The van der Waals surface area contributed by atoms with Crippen LogP contribution < -0.4 is 4.90 Å². The molecule has 0 amide bonds. The Kier molecular flexibility index (Phi) is 4.19. The number of nitrogens with zero attached hydrogens (tertiary/aromatic N) is 2. The lowest BCUT2D eigenvalue weighted by atomic mass is 10.2. The quantitative estimate of drug-likeness (QED) is 0.834. The topological polar surface area (TPSA) is 26.7 Å². The lowest BCUT2D eigenvalue weighted by molar-refractivity contribution is 0.206. The Morgan fingerprint density at radius 1 is 1.12 bits per heavy atom. The Balaban J connectivity index is 1.91. The summed E-state index contributed by atoms with van der Waals surface area (Å²) in [5.74, 6) is 0. The van der Waals surface area contributed by atoms with Gasteiger partial charge in [-0.25, -0.2) is 0 Å². The third-order valence-corrected chi connectivity index (χ3v) is 3.03. The number of benzene rings is 1. The minimum atomic E-state index is 0.293. The van der Waals surface area contributed by atoms with Gasteiger partial charge < -0.3 is 10.0 Å². The van der Waals surface area contributed by atoms with Crippen molar-refractivity contribution in [3.8, 4) is 0 Å². The molecule has 0 unspecified atom stereocenters. The summed E-state index contributed by atoms with van der Waals surface area (Å²) < 4.78 is 0. The Morgan fingerprint density at radius 3 is 2.69 bits per heavy atom. The largest absolute Gasteiger partial charge is 0.396 e. The van der Waals surface area contributed by atoms with Gasteiger partial charge in [0, 0.05) is 31.9 Å². The average Bonchev–Trinajstić information content (AvgIpc) is 2.38. The van der Waals surface area contributed by atoms with Gasteiger partial charge in [0.2, 0.25) is 0 Å². The van der Waals surface area contributed by atoms with Crippen molar-refractivity contribution in [2.45, 2.75) is 12.8 Å². The Morgan fingerprint density at radius 2 is 1.94 bits per heavy atom. The normalized spacial score (nSPS) is 17.7. The van der Waals surface area contributed by atoms with Crippen molar-refractivity contribution in [3.05, 3.63) is 30.3 Å². The SMILES string of the molecule is OCCCN1CCCN(c2ccccc2)C1. The van der Waals surface area contributed by atoms with Crippen LogP contribution >= 0.6 is 0 Å². The van der Waals surface area contributed by atoms with Gasteiger partial charge in [0.25, 0.3) is 0 Å². The summed E-state index contributed by atoms with van der Waals surface area (Å²) in [4.78, 5) is 4.81. The van der Waals surface area contributed by atoms with E-state index in [0.29, 0.717) is 6.61 Å². The smallest absolute Gasteiger partial charge is 0.0707 e. The second kappa shape index (κ2) is 5.87. The van der Waals surface area contributed by atoms with Gasteiger partial charge in [0.15, 0.2) is 0 Å². The van der Waals surface area contributed by atoms with E-state index in [4.69, 9.17) is 5.11 Å². The number of rotatable bonds is 4. The predicted molar refractivity (Wildman–Crippen MR) is 66.5 cm³/mol. The van der Waals surface area contributed by atoms with Crippen molar-refractivity contribution in [1.82, 2.24) is 4.90 Å². The first-order chi connectivity index (χ1) is 7.90. The van der Waals surface area contributed by atoms with Crippen LogP contribution in [0.4, 0.5) is 5.69 Å². The monoisotopic (exact) mass is 220 g/mol. The zero-order valence-electron chi connectivity index (χ0n) is 9.68. The highest BCUT2D eigenvalue weighted by molar-refractivity contribution is 5.45. The van der Waals surface area contributed by atoms with Gasteiger partial charge in [-0.2, -0.15) is 0 Å². The number of hydrogen-bond donors (Lipinski definition) is 1. The molecule has 0 bridgehead atoms. The highest BCUT2D eigenvalue weighted by Crippen LogP contribution is 2.17. The van der Waals surface area contributed by atoms with E-state index in [2.05, 4.69) is 40.1 Å². The van der Waals surface area contributed by atoms with Crippen molar-refractivity contribution < 1.29 is 5.11 Å². The maximum atomic E-state index is 8.84. The van der Waals surface area contributed by atoms with Crippen LogP contribution in [0.15, 0.2) is 30.3 Å². The summed E-state index contributed by atoms with van der Waals surface area (Å²) in [6.45, 7) is 4.58. The first-order valence-electron chi connectivity index (χ1n) is 6.03. The summed E-state index contributed by atoms with van der Waals surface area (Å²) in [5.41, 5.74) is 1.30. The van der Waals surface area contributed by atoms with Crippen molar-refractivity contribution in [3.63, 3.8) is 0 Å². The highest BCUT2D eigenvalue weighted by atomic mass is 16.3. The molecule has 1 fully saturated rings. The molecule has 1 aromatic rings. The average molecular weight is 220 g/mol. The van der Waals surface area contributed by atoms with E-state index in [1.54, 1.807) is 0 Å². The maximum Gasteiger partial charge on any atom is 0.0707 e. The molecule has 88 valence electrons. The molecule has 1 aliphatic heterocycles. The molecule has 0 spiro atoms. The van der Waals surface area contributed by atoms with Gasteiger partial charge in [0.1, 0.15) is 0 Å².